The number of aromatic amines is 2. The average Bonchev–Trinajstić information content (AvgIpc) is 3.72. The minimum Gasteiger partial charge on any atom is -0.356 e. The highest BCUT2D eigenvalue weighted by atomic mass is 32.1. The number of nitrogens with one attached hydrogen (secondary N) is 3. The second kappa shape index (κ2) is 10.9. The Morgan fingerprint density at radius 1 is 1.05 bits per heavy atom. The average molecular weight is 559 g/mol. The molecule has 1 atom stereocenters. The molecule has 5 aromatic heterocycles. The predicted octanol–water partition coefficient (Wildman–Crippen LogP) is 7.46. The molecule has 6 rings (SSSR count). The molecule has 8 heteroatoms. The number of rotatable bonds is 8. The van der Waals surface area contributed by atoms with Crippen LogP contribution in [-0.2, 0) is 0 Å². The fraction of sp³-hybridized carbons (Fsp3) is 0.0312. The maximum Gasteiger partial charge on any atom is 0.135 e. The first-order valence-corrected chi connectivity index (χ1v) is 14.1. The summed E-state index contributed by atoms with van der Waals surface area (Å²) in [6, 6.07) is 20.4. The minimum absolute atomic E-state index is 0.760. The fourth-order valence-corrected chi connectivity index (χ4v) is 5.90. The van der Waals surface area contributed by atoms with E-state index in [1.54, 1.807) is 17.4 Å². The van der Waals surface area contributed by atoms with Crippen LogP contribution in [0, 0.1) is 0 Å². The van der Waals surface area contributed by atoms with Crippen LogP contribution in [0.25, 0.3) is 55.0 Å². The third kappa shape index (κ3) is 4.93. The smallest absolute Gasteiger partial charge is 0.135 e. The Morgan fingerprint density at radius 3 is 2.65 bits per heavy atom. The van der Waals surface area contributed by atoms with Gasteiger partial charge in [-0.25, -0.2) is 4.98 Å². The van der Waals surface area contributed by atoms with E-state index >= 15 is 0 Å². The van der Waals surface area contributed by atoms with Gasteiger partial charge in [-0.15, -0.1) is 11.3 Å². The van der Waals surface area contributed by atoms with E-state index in [9.17, 15) is 0 Å². The molecule has 3 N–H and O–H groups in total. The van der Waals surface area contributed by atoms with Crippen molar-refractivity contribution in [3.63, 3.8) is 0 Å². The van der Waals surface area contributed by atoms with E-state index in [2.05, 4.69) is 66.1 Å². The molecule has 1 aromatic carbocycles. The van der Waals surface area contributed by atoms with Crippen molar-refractivity contribution < 1.29 is 0 Å². The third-order valence-corrected chi connectivity index (χ3v) is 8.15. The molecule has 1 unspecified atom stereocenters. The molecule has 0 saturated heterocycles. The van der Waals surface area contributed by atoms with Crippen molar-refractivity contribution >= 4 is 58.4 Å². The number of allylic oxidation sites excluding steroid dienone is 4. The maximum absolute atomic E-state index is 5.03. The van der Waals surface area contributed by atoms with E-state index in [4.69, 9.17) is 4.98 Å². The topological polar surface area (TPSA) is 82.3 Å². The van der Waals surface area contributed by atoms with Gasteiger partial charge in [0.15, 0.2) is 0 Å². The summed E-state index contributed by atoms with van der Waals surface area (Å²) >= 11 is 1.73. The molecule has 0 fully saturated rings. The Labute approximate surface area is 238 Å². The van der Waals surface area contributed by atoms with Gasteiger partial charge in [0.1, 0.15) is 11.2 Å². The van der Waals surface area contributed by atoms with E-state index in [0.29, 0.717) is 0 Å². The van der Waals surface area contributed by atoms with Crippen LogP contribution in [0.2, 0.25) is 0 Å². The molecule has 5 heterocycles. The van der Waals surface area contributed by atoms with Gasteiger partial charge in [-0.3, -0.25) is 10.1 Å². The van der Waals surface area contributed by atoms with Crippen molar-refractivity contribution in [3.05, 3.63) is 121 Å². The number of benzene rings is 1. The molecule has 0 spiro atoms. The van der Waals surface area contributed by atoms with E-state index in [1.807, 2.05) is 73.9 Å². The lowest BCUT2D eigenvalue weighted by Crippen LogP contribution is -2.09. The monoisotopic (exact) mass is 558 g/mol. The van der Waals surface area contributed by atoms with Crippen molar-refractivity contribution in [3.8, 4) is 21.8 Å². The lowest BCUT2D eigenvalue weighted by molar-refractivity contribution is 1.12. The summed E-state index contributed by atoms with van der Waals surface area (Å²) < 4.78 is 1.19. The fourth-order valence-electron chi connectivity index (χ4n) is 4.62. The first-order chi connectivity index (χ1) is 19.5. The highest BCUT2D eigenvalue weighted by molar-refractivity contribution is 7.44. The van der Waals surface area contributed by atoms with Crippen LogP contribution in [0.1, 0.15) is 18.2 Å². The van der Waals surface area contributed by atoms with Crippen LogP contribution in [0.5, 0.6) is 0 Å². The van der Waals surface area contributed by atoms with Gasteiger partial charge in [0.25, 0.3) is 0 Å². The summed E-state index contributed by atoms with van der Waals surface area (Å²) in [4.78, 5) is 14.2. The largest absolute Gasteiger partial charge is 0.356 e. The predicted molar refractivity (Wildman–Crippen MR) is 172 cm³/mol. The molecular formula is C32H27N6PS. The zero-order valence-electron chi connectivity index (χ0n) is 21.9. The first-order valence-electron chi connectivity index (χ1n) is 12.7. The molecule has 0 amide bonds. The number of nitrogens with zero attached hydrogens (tertiary/aromatic N) is 3. The zero-order valence-corrected chi connectivity index (χ0v) is 23.9. The van der Waals surface area contributed by atoms with Crippen LogP contribution in [0.3, 0.4) is 0 Å². The standard InChI is InChI=1S/C32H27N6PS/c1-4-20(15-22(5-2)34-19(3)21-9-7-6-8-10-21)25-11-12-26-31(36-25)32(38-37-26)27-16-23-24(17-33-18-28(23)35-27)29-13-14-30(39)40-29/h4-18,34-35H,2-3,39H2,1H3,(H,37,38)/b20-4+,22-15+. The van der Waals surface area contributed by atoms with Gasteiger partial charge in [-0.2, -0.15) is 5.10 Å². The molecular weight excluding hydrogens is 531 g/mol. The Balaban J connectivity index is 1.36. The van der Waals surface area contributed by atoms with Crippen molar-refractivity contribution in [1.82, 2.24) is 30.5 Å². The van der Waals surface area contributed by atoms with Crippen molar-refractivity contribution in [2.45, 2.75) is 6.92 Å². The van der Waals surface area contributed by atoms with Gasteiger partial charge in [0.2, 0.25) is 0 Å². The Morgan fingerprint density at radius 2 is 1.90 bits per heavy atom. The quantitative estimate of drug-likeness (QED) is 0.134. The molecule has 0 aliphatic heterocycles. The number of hydrogen-bond donors (Lipinski definition) is 3. The summed E-state index contributed by atoms with van der Waals surface area (Å²) in [6.45, 7) is 10.2. The number of aromatic nitrogens is 5. The van der Waals surface area contributed by atoms with Crippen LogP contribution in [0.4, 0.5) is 0 Å². The van der Waals surface area contributed by atoms with Crippen LogP contribution in [-0.4, -0.2) is 25.1 Å². The summed E-state index contributed by atoms with van der Waals surface area (Å²) in [5.41, 5.74) is 9.76. The van der Waals surface area contributed by atoms with Crippen LogP contribution >= 0.6 is 20.6 Å². The zero-order chi connectivity index (χ0) is 27.6. The van der Waals surface area contributed by atoms with Gasteiger partial charge >= 0.3 is 0 Å². The number of thiophene rings is 1. The summed E-state index contributed by atoms with van der Waals surface area (Å²) in [6.07, 6.45) is 9.60. The van der Waals surface area contributed by atoms with E-state index < -0.39 is 0 Å². The molecule has 0 saturated carbocycles. The van der Waals surface area contributed by atoms with Crippen molar-refractivity contribution in [1.29, 1.82) is 0 Å². The highest BCUT2D eigenvalue weighted by Crippen LogP contribution is 2.35. The minimum atomic E-state index is 0.760. The van der Waals surface area contributed by atoms with Crippen molar-refractivity contribution in [2.75, 3.05) is 0 Å². The van der Waals surface area contributed by atoms with Gasteiger partial charge in [0.05, 0.1) is 28.6 Å². The lowest BCUT2D eigenvalue weighted by Gasteiger charge is -2.12. The normalized spacial score (nSPS) is 12.2. The maximum atomic E-state index is 5.03. The summed E-state index contributed by atoms with van der Waals surface area (Å²) in [5, 5.41) is 12.2. The van der Waals surface area contributed by atoms with Crippen molar-refractivity contribution in [2.24, 2.45) is 0 Å². The van der Waals surface area contributed by atoms with Gasteiger partial charge < -0.3 is 10.3 Å². The van der Waals surface area contributed by atoms with Gasteiger partial charge in [-0.1, -0.05) is 58.8 Å². The Kier molecular flexibility index (Phi) is 6.99. The molecule has 0 bridgehead atoms. The first kappa shape index (κ1) is 25.7. The summed E-state index contributed by atoms with van der Waals surface area (Å²) in [7, 11) is 2.76. The van der Waals surface area contributed by atoms with E-state index in [-0.39, 0.29) is 0 Å². The highest BCUT2D eigenvalue weighted by Gasteiger charge is 2.16. The molecule has 196 valence electrons. The van der Waals surface area contributed by atoms with E-state index in [0.717, 1.165) is 67.1 Å². The molecule has 0 aliphatic rings. The number of pyridine rings is 2. The number of H-pyrrole nitrogens is 2. The van der Waals surface area contributed by atoms with E-state index in [1.165, 1.54) is 9.50 Å². The Bertz CT molecular complexity index is 1940. The molecule has 40 heavy (non-hydrogen) atoms. The number of fused-ring (bicyclic) bond motifs is 2. The summed E-state index contributed by atoms with van der Waals surface area (Å²) in [5.74, 6) is 0. The SMILES string of the molecule is C=C/C(=C\C(=C/C)c1ccc2[nH]nc(-c3cc4c(-c5ccc(P)s5)cncc4[nH]3)c2n1)NC(=C)c1ccccc1. The van der Waals surface area contributed by atoms with Gasteiger partial charge in [0, 0.05) is 38.0 Å². The second-order valence-electron chi connectivity index (χ2n) is 9.22. The van der Waals surface area contributed by atoms with Crippen LogP contribution < -0.4 is 9.94 Å². The molecule has 6 nitrogen and oxygen atoms in total. The van der Waals surface area contributed by atoms with Gasteiger partial charge in [-0.05, 0) is 60.5 Å². The molecule has 0 radical (unpaired) electrons. The molecule has 6 aromatic rings. The third-order valence-electron chi connectivity index (χ3n) is 6.66. The Hall–Kier alpha value is -4.58. The second-order valence-corrected chi connectivity index (χ2v) is 11.4. The molecule has 0 aliphatic carbocycles. The number of hydrogen-bond acceptors (Lipinski definition) is 5. The lowest BCUT2D eigenvalue weighted by atomic mass is 10.1. The van der Waals surface area contributed by atoms with Crippen LogP contribution in [0.15, 0.2) is 110 Å².